The Balaban J connectivity index is 0.000000345. The Morgan fingerprint density at radius 3 is 2.46 bits per heavy atom. The third-order valence-electron chi connectivity index (χ3n) is 3.47. The number of aromatic carboxylic acids is 1. The van der Waals surface area contributed by atoms with E-state index in [0.29, 0.717) is 17.1 Å². The summed E-state index contributed by atoms with van der Waals surface area (Å²) >= 11 is 1.27. The largest absolute Gasteiger partial charge is 0.490 e. The topological polar surface area (TPSA) is 126 Å². The third kappa shape index (κ3) is 4.87. The summed E-state index contributed by atoms with van der Waals surface area (Å²) < 4.78 is 32.7. The van der Waals surface area contributed by atoms with E-state index in [1.165, 1.54) is 11.3 Å². The van der Waals surface area contributed by atoms with Crippen molar-refractivity contribution in [2.75, 3.05) is 11.9 Å². The molecule has 0 bridgehead atoms. The number of nitrogens with two attached hydrogens (primary N) is 1. The van der Waals surface area contributed by atoms with Gasteiger partial charge in [0, 0.05) is 34.3 Å². The minimum absolute atomic E-state index is 0.0605. The van der Waals surface area contributed by atoms with Crippen molar-refractivity contribution in [3.63, 3.8) is 0 Å². The van der Waals surface area contributed by atoms with Crippen molar-refractivity contribution in [2.24, 2.45) is 5.73 Å². The average Bonchev–Trinajstić information content (AvgIpc) is 2.99. The molecule has 150 valence electrons. The van der Waals surface area contributed by atoms with Crippen LogP contribution in [0.1, 0.15) is 16.6 Å². The van der Waals surface area contributed by atoms with Crippen molar-refractivity contribution in [1.29, 1.82) is 0 Å². The predicted octanol–water partition coefficient (Wildman–Crippen LogP) is 3.54. The molecule has 0 aliphatic rings. The van der Waals surface area contributed by atoms with Gasteiger partial charge in [-0.2, -0.15) is 13.2 Å². The van der Waals surface area contributed by atoms with E-state index in [9.17, 15) is 23.1 Å². The van der Waals surface area contributed by atoms with E-state index in [-0.39, 0.29) is 6.04 Å². The van der Waals surface area contributed by atoms with Gasteiger partial charge in [0.15, 0.2) is 0 Å². The van der Waals surface area contributed by atoms with Gasteiger partial charge in [-0.3, -0.25) is 4.98 Å². The SMILES string of the molecule is CC(N)CNc1c(C(=O)O)sc2ccc3ncccc3c12.O=C(O)C(F)(F)F. The van der Waals surface area contributed by atoms with Crippen LogP contribution in [0, 0.1) is 0 Å². The number of nitrogens with one attached hydrogen (secondary N) is 1. The monoisotopic (exact) mass is 415 g/mol. The van der Waals surface area contributed by atoms with Crippen LogP contribution in [-0.4, -0.2) is 45.9 Å². The highest BCUT2D eigenvalue weighted by molar-refractivity contribution is 7.21. The van der Waals surface area contributed by atoms with E-state index in [1.807, 2.05) is 31.2 Å². The van der Waals surface area contributed by atoms with Crippen LogP contribution in [0.5, 0.6) is 0 Å². The minimum Gasteiger partial charge on any atom is -0.477 e. The molecule has 5 N–H and O–H groups in total. The highest BCUT2D eigenvalue weighted by Crippen LogP contribution is 2.39. The summed E-state index contributed by atoms with van der Waals surface area (Å²) in [6.45, 7) is 2.39. The maximum atomic E-state index is 11.5. The Morgan fingerprint density at radius 1 is 1.29 bits per heavy atom. The van der Waals surface area contributed by atoms with Gasteiger partial charge < -0.3 is 21.3 Å². The molecule has 0 aliphatic carbocycles. The van der Waals surface area contributed by atoms with Crippen molar-refractivity contribution in [2.45, 2.75) is 19.1 Å². The van der Waals surface area contributed by atoms with Crippen molar-refractivity contribution in [1.82, 2.24) is 4.98 Å². The molecule has 28 heavy (non-hydrogen) atoms. The number of benzene rings is 1. The van der Waals surface area contributed by atoms with E-state index in [1.54, 1.807) is 6.20 Å². The number of aliphatic carboxylic acids is 1. The summed E-state index contributed by atoms with van der Waals surface area (Å²) in [4.78, 5) is 25.0. The van der Waals surface area contributed by atoms with Crippen LogP contribution in [0.15, 0.2) is 30.5 Å². The van der Waals surface area contributed by atoms with Gasteiger partial charge in [-0.05, 0) is 25.1 Å². The molecule has 0 saturated heterocycles. The molecule has 1 unspecified atom stereocenters. The lowest BCUT2D eigenvalue weighted by Gasteiger charge is -2.10. The number of carboxylic acid groups (broad SMARTS) is 2. The zero-order chi connectivity index (χ0) is 21.1. The molecule has 11 heteroatoms. The first-order valence-corrected chi connectivity index (χ1v) is 8.67. The van der Waals surface area contributed by atoms with Gasteiger partial charge in [0.1, 0.15) is 4.88 Å². The number of hydrogen-bond donors (Lipinski definition) is 4. The van der Waals surface area contributed by atoms with Crippen molar-refractivity contribution in [3.8, 4) is 0 Å². The number of pyridine rings is 1. The molecule has 2 heterocycles. The van der Waals surface area contributed by atoms with E-state index >= 15 is 0 Å². The van der Waals surface area contributed by atoms with Crippen molar-refractivity contribution in [3.05, 3.63) is 35.3 Å². The zero-order valence-corrected chi connectivity index (χ0v) is 15.3. The summed E-state index contributed by atoms with van der Waals surface area (Å²) in [5, 5.41) is 21.6. The van der Waals surface area contributed by atoms with Gasteiger partial charge in [0.2, 0.25) is 0 Å². The lowest BCUT2D eigenvalue weighted by molar-refractivity contribution is -0.192. The number of aromatic nitrogens is 1. The lowest BCUT2D eigenvalue weighted by atomic mass is 10.1. The van der Waals surface area contributed by atoms with Crippen molar-refractivity contribution >= 4 is 50.0 Å². The van der Waals surface area contributed by atoms with Gasteiger partial charge in [0.05, 0.1) is 11.2 Å². The Kier molecular flexibility index (Phi) is 6.41. The Morgan fingerprint density at radius 2 is 1.93 bits per heavy atom. The molecule has 0 saturated carbocycles. The van der Waals surface area contributed by atoms with Gasteiger partial charge >= 0.3 is 18.1 Å². The van der Waals surface area contributed by atoms with E-state index < -0.39 is 18.1 Å². The van der Waals surface area contributed by atoms with Crippen LogP contribution < -0.4 is 11.1 Å². The number of fused-ring (bicyclic) bond motifs is 3. The van der Waals surface area contributed by atoms with Gasteiger partial charge in [-0.15, -0.1) is 11.3 Å². The highest BCUT2D eigenvalue weighted by Gasteiger charge is 2.38. The normalized spacial score (nSPS) is 12.3. The van der Waals surface area contributed by atoms with Gasteiger partial charge in [-0.1, -0.05) is 6.07 Å². The molecule has 2 aromatic heterocycles. The maximum absolute atomic E-state index is 11.5. The molecule has 0 radical (unpaired) electrons. The Hall–Kier alpha value is -2.92. The summed E-state index contributed by atoms with van der Waals surface area (Å²) in [7, 11) is 0. The first-order chi connectivity index (χ1) is 13.0. The number of thiophene rings is 1. The molecule has 0 fully saturated rings. The maximum Gasteiger partial charge on any atom is 0.490 e. The summed E-state index contributed by atoms with van der Waals surface area (Å²) in [5.74, 6) is -3.69. The Bertz CT molecular complexity index is 1020. The first-order valence-electron chi connectivity index (χ1n) is 7.85. The number of rotatable bonds is 4. The number of carboxylic acids is 2. The van der Waals surface area contributed by atoms with Crippen LogP contribution in [0.4, 0.5) is 18.9 Å². The fraction of sp³-hybridized carbons (Fsp3) is 0.235. The average molecular weight is 415 g/mol. The first kappa shape index (κ1) is 21.4. The molecule has 7 nitrogen and oxygen atoms in total. The van der Waals surface area contributed by atoms with E-state index in [0.717, 1.165) is 21.0 Å². The van der Waals surface area contributed by atoms with Gasteiger partial charge in [-0.25, -0.2) is 9.59 Å². The number of hydrogen-bond acceptors (Lipinski definition) is 6. The fourth-order valence-electron chi connectivity index (χ4n) is 2.33. The number of carbonyl (C=O) groups is 2. The molecule has 1 atom stereocenters. The van der Waals surface area contributed by atoms with Gasteiger partial charge in [0.25, 0.3) is 0 Å². The third-order valence-corrected chi connectivity index (χ3v) is 4.62. The van der Waals surface area contributed by atoms with Crippen LogP contribution in [0.25, 0.3) is 21.0 Å². The standard InChI is InChI=1S/C15H15N3O2S.C2HF3O2/c1-8(16)7-18-13-12-9-3-2-6-17-10(9)4-5-11(12)21-14(13)15(19)20;3-2(4,5)1(6)7/h2-6,8,18H,7,16H2,1H3,(H,19,20);(H,6,7). The van der Waals surface area contributed by atoms with Crippen LogP contribution in [0.2, 0.25) is 0 Å². The fourth-order valence-corrected chi connectivity index (χ4v) is 3.37. The highest BCUT2D eigenvalue weighted by atomic mass is 32.1. The van der Waals surface area contributed by atoms with E-state index in [4.69, 9.17) is 15.6 Å². The van der Waals surface area contributed by atoms with Crippen LogP contribution in [0.3, 0.4) is 0 Å². The van der Waals surface area contributed by atoms with Crippen LogP contribution in [-0.2, 0) is 4.79 Å². The zero-order valence-electron chi connectivity index (χ0n) is 14.4. The number of halogens is 3. The smallest absolute Gasteiger partial charge is 0.477 e. The summed E-state index contributed by atoms with van der Waals surface area (Å²) in [6.07, 6.45) is -3.35. The molecule has 3 aromatic rings. The second kappa shape index (κ2) is 8.40. The molecular weight excluding hydrogens is 399 g/mol. The van der Waals surface area contributed by atoms with Crippen LogP contribution >= 0.6 is 11.3 Å². The minimum atomic E-state index is -5.08. The van der Waals surface area contributed by atoms with E-state index in [2.05, 4.69) is 10.3 Å². The quantitative estimate of drug-likeness (QED) is 0.513. The predicted molar refractivity (Wildman–Crippen MR) is 99.9 cm³/mol. The molecule has 3 rings (SSSR count). The Labute approximate surface area is 160 Å². The summed E-state index contributed by atoms with van der Waals surface area (Å²) in [5.41, 5.74) is 7.26. The lowest BCUT2D eigenvalue weighted by Crippen LogP contribution is -2.25. The second-order valence-electron chi connectivity index (χ2n) is 5.78. The summed E-state index contributed by atoms with van der Waals surface area (Å²) in [6, 6.07) is 7.58. The molecule has 0 spiro atoms. The van der Waals surface area contributed by atoms with Crippen molar-refractivity contribution < 1.29 is 33.0 Å². The molecule has 0 aliphatic heterocycles. The number of alkyl halides is 3. The molecular formula is C17H16F3N3O4S. The number of nitrogens with zero attached hydrogens (tertiary/aromatic N) is 1. The molecule has 0 amide bonds. The molecule has 1 aromatic carbocycles. The number of anilines is 1. The second-order valence-corrected chi connectivity index (χ2v) is 6.83.